The number of rotatable bonds is 4. The molecule has 120 valence electrons. The number of benzene rings is 2. The number of aryl methyl sites for hydroxylation is 1. The molecule has 2 aromatic carbocycles. The highest BCUT2D eigenvalue weighted by Crippen LogP contribution is 2.20. The largest absolute Gasteiger partial charge is 0.452 e. The Hall–Kier alpha value is -2.11. The summed E-state index contributed by atoms with van der Waals surface area (Å²) < 4.78 is 18.5. The van der Waals surface area contributed by atoms with E-state index in [1.165, 1.54) is 30.3 Å². The molecule has 0 fully saturated rings. The molecule has 0 atom stereocenters. The van der Waals surface area contributed by atoms with Crippen molar-refractivity contribution < 1.29 is 18.7 Å². The lowest BCUT2D eigenvalue weighted by molar-refractivity contribution is -0.119. The number of amides is 1. The molecule has 0 spiro atoms. The van der Waals surface area contributed by atoms with E-state index >= 15 is 0 Å². The van der Waals surface area contributed by atoms with Crippen LogP contribution < -0.4 is 5.32 Å². The van der Waals surface area contributed by atoms with Gasteiger partial charge in [-0.1, -0.05) is 29.3 Å². The minimum Gasteiger partial charge on any atom is -0.452 e. The van der Waals surface area contributed by atoms with E-state index in [9.17, 15) is 14.0 Å². The summed E-state index contributed by atoms with van der Waals surface area (Å²) in [6.45, 7) is 1.17. The molecule has 0 bridgehead atoms. The molecule has 1 amide bonds. The first-order chi connectivity index (χ1) is 10.8. The van der Waals surface area contributed by atoms with Gasteiger partial charge in [0, 0.05) is 10.0 Å². The van der Waals surface area contributed by atoms with Gasteiger partial charge in [0.15, 0.2) is 6.61 Å². The van der Waals surface area contributed by atoms with Gasteiger partial charge in [-0.25, -0.2) is 9.18 Å². The molecule has 2 aromatic rings. The molecular formula is C16H12Cl2FNO3. The van der Waals surface area contributed by atoms with E-state index in [0.29, 0.717) is 0 Å². The van der Waals surface area contributed by atoms with Crippen molar-refractivity contribution in [2.24, 2.45) is 0 Å². The van der Waals surface area contributed by atoms with Gasteiger partial charge in [-0.2, -0.15) is 0 Å². The number of carbonyl (C=O) groups excluding carboxylic acids is 2. The van der Waals surface area contributed by atoms with Crippen molar-refractivity contribution in [1.82, 2.24) is 0 Å². The average molecular weight is 356 g/mol. The number of nitrogens with one attached hydrogen (secondary N) is 1. The standard InChI is InChI=1S/C16H12Cl2FNO3/c1-9-2-3-14(13(19)4-9)20-15(21)8-23-16(22)10-5-11(17)7-12(18)6-10/h2-7H,8H2,1H3,(H,20,21). The summed E-state index contributed by atoms with van der Waals surface area (Å²) in [5.41, 5.74) is 0.865. The molecule has 0 saturated heterocycles. The monoisotopic (exact) mass is 355 g/mol. The maximum absolute atomic E-state index is 13.6. The molecule has 0 saturated carbocycles. The first kappa shape index (κ1) is 17.2. The van der Waals surface area contributed by atoms with Gasteiger partial charge in [0.2, 0.25) is 0 Å². The van der Waals surface area contributed by atoms with Crippen molar-refractivity contribution in [2.75, 3.05) is 11.9 Å². The van der Waals surface area contributed by atoms with Crippen LogP contribution in [0.25, 0.3) is 0 Å². The van der Waals surface area contributed by atoms with Crippen molar-refractivity contribution in [2.45, 2.75) is 6.92 Å². The van der Waals surface area contributed by atoms with E-state index < -0.39 is 24.3 Å². The van der Waals surface area contributed by atoms with Crippen LogP contribution in [-0.4, -0.2) is 18.5 Å². The summed E-state index contributed by atoms with van der Waals surface area (Å²) in [6.07, 6.45) is 0. The number of hydrogen-bond acceptors (Lipinski definition) is 3. The fraction of sp³-hybridized carbons (Fsp3) is 0.125. The molecule has 0 radical (unpaired) electrons. The normalized spacial score (nSPS) is 10.3. The Morgan fingerprint density at radius 3 is 2.39 bits per heavy atom. The van der Waals surface area contributed by atoms with Gasteiger partial charge in [0.05, 0.1) is 11.3 Å². The minimum atomic E-state index is -0.756. The Balaban J connectivity index is 1.94. The fourth-order valence-corrected chi connectivity index (χ4v) is 2.32. The zero-order chi connectivity index (χ0) is 17.0. The number of esters is 1. The summed E-state index contributed by atoms with van der Waals surface area (Å²) in [5.74, 6) is -1.98. The molecule has 0 unspecified atom stereocenters. The van der Waals surface area contributed by atoms with Gasteiger partial charge in [0.25, 0.3) is 5.91 Å². The van der Waals surface area contributed by atoms with E-state index in [-0.39, 0.29) is 21.3 Å². The topological polar surface area (TPSA) is 55.4 Å². The molecule has 0 aromatic heterocycles. The lowest BCUT2D eigenvalue weighted by Gasteiger charge is -2.08. The van der Waals surface area contributed by atoms with E-state index in [2.05, 4.69) is 5.32 Å². The van der Waals surface area contributed by atoms with Gasteiger partial charge in [-0.15, -0.1) is 0 Å². The van der Waals surface area contributed by atoms with Crippen LogP contribution in [-0.2, 0) is 9.53 Å². The van der Waals surface area contributed by atoms with Gasteiger partial charge < -0.3 is 10.1 Å². The summed E-state index contributed by atoms with van der Waals surface area (Å²) in [5, 5.41) is 2.87. The fourth-order valence-electron chi connectivity index (χ4n) is 1.79. The van der Waals surface area contributed by atoms with Crippen molar-refractivity contribution >= 4 is 40.8 Å². The van der Waals surface area contributed by atoms with Crippen molar-refractivity contribution in [1.29, 1.82) is 0 Å². The maximum Gasteiger partial charge on any atom is 0.338 e. The van der Waals surface area contributed by atoms with E-state index in [1.54, 1.807) is 13.0 Å². The molecule has 2 rings (SSSR count). The van der Waals surface area contributed by atoms with Crippen LogP contribution >= 0.6 is 23.2 Å². The van der Waals surface area contributed by atoms with Crippen LogP contribution in [0.1, 0.15) is 15.9 Å². The number of anilines is 1. The Morgan fingerprint density at radius 2 is 1.78 bits per heavy atom. The molecule has 0 aliphatic heterocycles. The molecular weight excluding hydrogens is 344 g/mol. The second-order valence-corrected chi connectivity index (χ2v) is 5.64. The Morgan fingerprint density at radius 1 is 1.13 bits per heavy atom. The van der Waals surface area contributed by atoms with Crippen molar-refractivity contribution in [3.63, 3.8) is 0 Å². The molecule has 0 aliphatic carbocycles. The second-order valence-electron chi connectivity index (χ2n) is 4.77. The third-order valence-corrected chi connectivity index (χ3v) is 3.27. The van der Waals surface area contributed by atoms with Crippen LogP contribution in [0.5, 0.6) is 0 Å². The predicted molar refractivity (Wildman–Crippen MR) is 86.5 cm³/mol. The second kappa shape index (κ2) is 7.44. The van der Waals surface area contributed by atoms with Gasteiger partial charge >= 0.3 is 5.97 Å². The van der Waals surface area contributed by atoms with Crippen LogP contribution in [0.3, 0.4) is 0 Å². The third kappa shape index (κ3) is 4.94. The molecule has 1 N–H and O–H groups in total. The molecule has 0 heterocycles. The SMILES string of the molecule is Cc1ccc(NC(=O)COC(=O)c2cc(Cl)cc(Cl)c2)c(F)c1. The zero-order valence-electron chi connectivity index (χ0n) is 12.0. The summed E-state index contributed by atoms with van der Waals surface area (Å²) >= 11 is 11.6. The maximum atomic E-state index is 13.6. The van der Waals surface area contributed by atoms with Crippen LogP contribution in [0.15, 0.2) is 36.4 Å². The Bertz CT molecular complexity index is 745. The molecule has 7 heteroatoms. The lowest BCUT2D eigenvalue weighted by Crippen LogP contribution is -2.21. The van der Waals surface area contributed by atoms with E-state index in [1.807, 2.05) is 0 Å². The first-order valence-electron chi connectivity index (χ1n) is 6.54. The number of halogens is 3. The molecule has 4 nitrogen and oxygen atoms in total. The smallest absolute Gasteiger partial charge is 0.338 e. The summed E-state index contributed by atoms with van der Waals surface area (Å²) in [7, 11) is 0. The van der Waals surface area contributed by atoms with Gasteiger partial charge in [-0.3, -0.25) is 4.79 Å². The highest BCUT2D eigenvalue weighted by atomic mass is 35.5. The van der Waals surface area contributed by atoms with Crippen LogP contribution in [0.2, 0.25) is 10.0 Å². The lowest BCUT2D eigenvalue weighted by atomic mass is 10.2. The third-order valence-electron chi connectivity index (χ3n) is 2.83. The van der Waals surface area contributed by atoms with Gasteiger partial charge in [0.1, 0.15) is 5.82 Å². The van der Waals surface area contributed by atoms with Crippen molar-refractivity contribution in [3.05, 3.63) is 63.4 Å². The highest BCUT2D eigenvalue weighted by Gasteiger charge is 2.13. The van der Waals surface area contributed by atoms with E-state index in [4.69, 9.17) is 27.9 Å². The highest BCUT2D eigenvalue weighted by molar-refractivity contribution is 6.35. The van der Waals surface area contributed by atoms with Crippen LogP contribution in [0.4, 0.5) is 10.1 Å². The van der Waals surface area contributed by atoms with Crippen molar-refractivity contribution in [3.8, 4) is 0 Å². The molecule has 0 aliphatic rings. The zero-order valence-corrected chi connectivity index (χ0v) is 13.5. The van der Waals surface area contributed by atoms with Crippen LogP contribution in [0, 0.1) is 12.7 Å². The first-order valence-corrected chi connectivity index (χ1v) is 7.30. The minimum absolute atomic E-state index is 0.0162. The summed E-state index contributed by atoms with van der Waals surface area (Å²) in [6, 6.07) is 8.57. The van der Waals surface area contributed by atoms with E-state index in [0.717, 1.165) is 5.56 Å². The number of hydrogen-bond donors (Lipinski definition) is 1. The Kier molecular flexibility index (Phi) is 5.58. The molecule has 23 heavy (non-hydrogen) atoms. The predicted octanol–water partition coefficient (Wildman–Crippen LogP) is 4.24. The number of ether oxygens (including phenoxy) is 1. The summed E-state index contributed by atoms with van der Waals surface area (Å²) in [4.78, 5) is 23.5. The Labute approximate surface area is 142 Å². The van der Waals surface area contributed by atoms with Gasteiger partial charge in [-0.05, 0) is 42.8 Å². The quantitative estimate of drug-likeness (QED) is 0.834. The average Bonchev–Trinajstić information content (AvgIpc) is 2.46. The number of carbonyl (C=O) groups is 2.